The molecule has 1 saturated heterocycles. The van der Waals surface area contributed by atoms with Gasteiger partial charge in [0.05, 0.1) is 24.0 Å². The van der Waals surface area contributed by atoms with Crippen LogP contribution in [-0.4, -0.2) is 53.8 Å². The van der Waals surface area contributed by atoms with E-state index in [-0.39, 0.29) is 18.0 Å². The molecule has 2 aliphatic rings. The number of para-hydroxylation sites is 1. The summed E-state index contributed by atoms with van der Waals surface area (Å²) >= 11 is 0. The van der Waals surface area contributed by atoms with E-state index in [9.17, 15) is 13.6 Å². The molecule has 1 amide bonds. The summed E-state index contributed by atoms with van der Waals surface area (Å²) in [6.45, 7) is 8.24. The zero-order chi connectivity index (χ0) is 20.9. The highest BCUT2D eigenvalue weighted by atomic mass is 32.3. The van der Waals surface area contributed by atoms with E-state index < -0.39 is 15.6 Å². The average Bonchev–Trinajstić information content (AvgIpc) is 3.18. The zero-order valence-electron chi connectivity index (χ0n) is 17.4. The molecule has 0 N–H and O–H groups in total. The topological polar surface area (TPSA) is 81.5 Å². The van der Waals surface area contributed by atoms with E-state index in [2.05, 4.69) is 5.10 Å². The largest absolute Gasteiger partial charge is 0.597 e. The van der Waals surface area contributed by atoms with Crippen LogP contribution in [0.5, 0.6) is 0 Å². The van der Waals surface area contributed by atoms with E-state index in [4.69, 9.17) is 0 Å². The van der Waals surface area contributed by atoms with Crippen LogP contribution in [0.15, 0.2) is 30.3 Å². The predicted octanol–water partition coefficient (Wildman–Crippen LogP) is 3.12. The fourth-order valence-corrected chi connectivity index (χ4v) is 5.96. The molecule has 4 rings (SSSR count). The molecule has 3 heterocycles. The highest BCUT2D eigenvalue weighted by molar-refractivity contribution is 7.95. The molecule has 2 aliphatic heterocycles. The minimum Gasteiger partial charge on any atom is -0.597 e. The number of aromatic nitrogens is 2. The molecule has 0 aliphatic carbocycles. The van der Waals surface area contributed by atoms with Gasteiger partial charge < -0.3 is 9.45 Å². The van der Waals surface area contributed by atoms with Crippen molar-refractivity contribution >= 4 is 16.3 Å². The second-order valence-electron chi connectivity index (χ2n) is 8.23. The van der Waals surface area contributed by atoms with Gasteiger partial charge in [0.2, 0.25) is 0 Å². The summed E-state index contributed by atoms with van der Waals surface area (Å²) in [7, 11) is -3.33. The van der Waals surface area contributed by atoms with Crippen molar-refractivity contribution in [3.8, 4) is 5.69 Å². The van der Waals surface area contributed by atoms with E-state index in [0.717, 1.165) is 29.8 Å². The molecule has 2 aromatic rings. The summed E-state index contributed by atoms with van der Waals surface area (Å²) in [5, 5.41) is 4.16. The minimum absolute atomic E-state index is 0.0641. The Morgan fingerprint density at radius 3 is 2.59 bits per heavy atom. The number of piperidine rings is 1. The second kappa shape index (κ2) is 7.34. The number of amides is 1. The molecule has 29 heavy (non-hydrogen) atoms. The van der Waals surface area contributed by atoms with E-state index in [1.54, 1.807) is 22.8 Å². The first-order valence-corrected chi connectivity index (χ1v) is 11.7. The summed E-state index contributed by atoms with van der Waals surface area (Å²) in [6, 6.07) is 9.40. The van der Waals surface area contributed by atoms with Gasteiger partial charge in [0.25, 0.3) is 5.91 Å². The Balaban J connectivity index is 1.67. The maximum absolute atomic E-state index is 13.5. The predicted molar refractivity (Wildman–Crippen MR) is 111 cm³/mol. The highest BCUT2D eigenvalue weighted by Crippen LogP contribution is 2.40. The number of fused-ring (bicyclic) bond motifs is 1. The Morgan fingerprint density at radius 2 is 1.93 bits per heavy atom. The van der Waals surface area contributed by atoms with Crippen molar-refractivity contribution in [1.82, 2.24) is 19.0 Å². The van der Waals surface area contributed by atoms with Crippen LogP contribution < -0.4 is 0 Å². The second-order valence-corrected chi connectivity index (χ2v) is 10.7. The van der Waals surface area contributed by atoms with Crippen LogP contribution in [0, 0.1) is 6.92 Å². The number of nitrogens with zero attached hydrogens (tertiary/aromatic N) is 4. The monoisotopic (exact) mass is 416 g/mol. The lowest BCUT2D eigenvalue weighted by atomic mass is 10.0. The third-order valence-corrected chi connectivity index (χ3v) is 8.33. The third kappa shape index (κ3) is 3.23. The van der Waals surface area contributed by atoms with Gasteiger partial charge in [-0.3, -0.25) is 4.79 Å². The Labute approximate surface area is 173 Å². The first-order chi connectivity index (χ1) is 13.7. The molecular formula is C21H28N4O3S. The van der Waals surface area contributed by atoms with Crippen LogP contribution in [-0.2, 0) is 14.6 Å². The fourth-order valence-electron chi connectivity index (χ4n) is 4.60. The molecule has 1 fully saturated rings. The first kappa shape index (κ1) is 20.3. The molecule has 0 radical (unpaired) electrons. The maximum atomic E-state index is 13.5. The number of hydrogen-bond acceptors (Lipinski definition) is 4. The van der Waals surface area contributed by atoms with Crippen LogP contribution in [0.25, 0.3) is 5.69 Å². The van der Waals surface area contributed by atoms with Crippen LogP contribution in [0.2, 0.25) is 0 Å². The van der Waals surface area contributed by atoms with Gasteiger partial charge in [-0.05, 0) is 52.7 Å². The van der Waals surface area contributed by atoms with E-state index in [0.29, 0.717) is 18.8 Å². The Hall–Kier alpha value is -2.03. The normalized spacial score (nSPS) is 24.8. The molecule has 3 unspecified atom stereocenters. The molecule has 1 aromatic carbocycles. The summed E-state index contributed by atoms with van der Waals surface area (Å²) in [5.41, 5.74) is 3.24. The van der Waals surface area contributed by atoms with Gasteiger partial charge in [0.1, 0.15) is 21.3 Å². The van der Waals surface area contributed by atoms with Crippen molar-refractivity contribution in [2.75, 3.05) is 13.1 Å². The van der Waals surface area contributed by atoms with E-state index in [1.165, 1.54) is 0 Å². The van der Waals surface area contributed by atoms with Gasteiger partial charge in [-0.1, -0.05) is 22.4 Å². The van der Waals surface area contributed by atoms with Crippen LogP contribution in [0.1, 0.15) is 61.4 Å². The molecule has 156 valence electrons. The van der Waals surface area contributed by atoms with E-state index >= 15 is 0 Å². The van der Waals surface area contributed by atoms with Crippen molar-refractivity contribution in [1.29, 1.82) is 0 Å². The lowest BCUT2D eigenvalue weighted by molar-refractivity contribution is 0.0547. The number of aryl methyl sites for hydroxylation is 1. The van der Waals surface area contributed by atoms with Gasteiger partial charge in [0.15, 0.2) is 0 Å². The van der Waals surface area contributed by atoms with Crippen LogP contribution in [0.4, 0.5) is 0 Å². The van der Waals surface area contributed by atoms with Gasteiger partial charge in [-0.25, -0.2) is 4.68 Å². The van der Waals surface area contributed by atoms with Gasteiger partial charge >= 0.3 is 0 Å². The summed E-state index contributed by atoms with van der Waals surface area (Å²) in [4.78, 5) is 15.4. The van der Waals surface area contributed by atoms with Gasteiger partial charge in [-0.2, -0.15) is 5.10 Å². The molecule has 1 aromatic heterocycles. The van der Waals surface area contributed by atoms with E-state index in [1.807, 2.05) is 49.1 Å². The quantitative estimate of drug-likeness (QED) is 0.717. The van der Waals surface area contributed by atoms with Gasteiger partial charge in [-0.15, -0.1) is 4.31 Å². The van der Waals surface area contributed by atoms with Crippen molar-refractivity contribution in [3.05, 3.63) is 47.3 Å². The number of benzene rings is 1. The molecule has 0 saturated carbocycles. The number of carbonyl (C=O) groups excluding carboxylic acids is 1. The summed E-state index contributed by atoms with van der Waals surface area (Å²) < 4.78 is 28.6. The molecule has 0 spiro atoms. The van der Waals surface area contributed by atoms with Crippen molar-refractivity contribution in [3.63, 3.8) is 0 Å². The molecule has 0 bridgehead atoms. The standard InChI is InChI=1S/C21H28N4O3S/c1-14(2)29(27,28)23-12-8-11-18(13-23)24-16(4)19-15(3)22-25(20(19)21(24)26)17-9-6-5-7-10-17/h5-7,9-10,14,16,18H,8,11-13H2,1-4H3. The number of carbonyl (C=O) groups is 1. The molecular weight excluding hydrogens is 388 g/mol. The Bertz CT molecular complexity index is 972. The third-order valence-electron chi connectivity index (χ3n) is 6.09. The highest BCUT2D eigenvalue weighted by Gasteiger charge is 2.46. The molecule has 3 atom stereocenters. The Kier molecular flexibility index (Phi) is 5.13. The van der Waals surface area contributed by atoms with Crippen molar-refractivity contribution in [2.24, 2.45) is 0 Å². The summed E-state index contributed by atoms with van der Waals surface area (Å²) in [6.07, 6.45) is 1.57. The first-order valence-electron chi connectivity index (χ1n) is 10.2. The Morgan fingerprint density at radius 1 is 1.24 bits per heavy atom. The zero-order valence-corrected chi connectivity index (χ0v) is 18.2. The summed E-state index contributed by atoms with van der Waals surface area (Å²) in [5.74, 6) is -0.0641. The smallest absolute Gasteiger partial charge is 0.273 e. The SMILES string of the molecule is Cc1nn(-c2ccccc2)c2c1C(C)N(C1CCCN([S+](=O)([O-])C(C)C)C1)C2=O. The maximum Gasteiger partial charge on any atom is 0.273 e. The van der Waals surface area contributed by atoms with Gasteiger partial charge in [0, 0.05) is 18.2 Å². The molecule has 8 heteroatoms. The van der Waals surface area contributed by atoms with Crippen LogP contribution in [0.3, 0.4) is 0 Å². The van der Waals surface area contributed by atoms with Crippen LogP contribution >= 0.6 is 0 Å². The number of sulfonamides is 1. The van der Waals surface area contributed by atoms with Crippen molar-refractivity contribution in [2.45, 2.75) is 57.9 Å². The lowest BCUT2D eigenvalue weighted by Crippen LogP contribution is -2.54. The number of hydrogen-bond donors (Lipinski definition) is 0. The number of rotatable bonds is 4. The molecule has 7 nitrogen and oxygen atoms in total. The fraction of sp³-hybridized carbons (Fsp3) is 0.524. The lowest BCUT2D eigenvalue weighted by Gasteiger charge is -2.41. The average molecular weight is 417 g/mol. The minimum atomic E-state index is -3.33. The van der Waals surface area contributed by atoms with Crippen molar-refractivity contribution < 1.29 is 13.6 Å².